The van der Waals surface area contributed by atoms with Crippen molar-refractivity contribution in [1.29, 1.82) is 0 Å². The number of carbonyl (C=O) groups is 1. The van der Waals surface area contributed by atoms with Gasteiger partial charge in [0.15, 0.2) is 0 Å². The molecule has 0 aliphatic carbocycles. The molecule has 3 aromatic rings. The van der Waals surface area contributed by atoms with Gasteiger partial charge in [0.05, 0.1) is 0 Å². The van der Waals surface area contributed by atoms with E-state index in [4.69, 9.17) is 4.74 Å². The molecule has 0 amide bonds. The van der Waals surface area contributed by atoms with Crippen LogP contribution in [0.3, 0.4) is 0 Å². The summed E-state index contributed by atoms with van der Waals surface area (Å²) in [6.45, 7) is 0.515. The molecule has 25 heavy (non-hydrogen) atoms. The summed E-state index contributed by atoms with van der Waals surface area (Å²) in [6, 6.07) is 29.1. The van der Waals surface area contributed by atoms with Gasteiger partial charge in [-0.2, -0.15) is 36.4 Å². The summed E-state index contributed by atoms with van der Waals surface area (Å²) in [6.07, 6.45) is 3.10. The molecule has 3 heteroatoms. The van der Waals surface area contributed by atoms with Crippen molar-refractivity contribution in [2.45, 2.75) is 19.3 Å². The Kier molecular flexibility index (Phi) is 13.0. The average Bonchev–Trinajstić information content (AvgIpc) is 3.40. The van der Waals surface area contributed by atoms with Crippen molar-refractivity contribution in [2.75, 3.05) is 6.61 Å². The standard InChI is InChI=1S/C12H14O2.2C5H5.Ti/c1-2-3-7-10-14-12(13)11-8-5-4-6-9-11;2*1-2-4-5-3-1;/h1,4-6,8-9H,2-3,7,10H2;2*1-5H;/q;2*-1;+2. The van der Waals surface area contributed by atoms with E-state index in [9.17, 15) is 4.79 Å². The zero-order valence-electron chi connectivity index (χ0n) is 14.4. The third kappa shape index (κ3) is 12.0. The van der Waals surface area contributed by atoms with Crippen LogP contribution in [0.4, 0.5) is 0 Å². The van der Waals surface area contributed by atoms with E-state index in [-0.39, 0.29) is 5.97 Å². The van der Waals surface area contributed by atoms with Gasteiger partial charge in [0.25, 0.3) is 0 Å². The van der Waals surface area contributed by atoms with Gasteiger partial charge in [-0.25, -0.2) is 24.3 Å². The van der Waals surface area contributed by atoms with Gasteiger partial charge in [-0.3, -0.25) is 0 Å². The Morgan fingerprint density at radius 2 is 1.44 bits per heavy atom. The summed E-state index contributed by atoms with van der Waals surface area (Å²) in [4.78, 5) is 11.4. The molecule has 0 radical (unpaired) electrons. The second-order valence-corrected chi connectivity index (χ2v) is 5.76. The minimum atomic E-state index is -0.226. The van der Waals surface area contributed by atoms with Crippen molar-refractivity contribution in [3.63, 3.8) is 0 Å². The number of ether oxygens (including phenoxy) is 1. The molecular formula is C22H24O2Ti. The van der Waals surface area contributed by atoms with Gasteiger partial charge in [-0.15, -0.1) is 0 Å². The maximum Gasteiger partial charge on any atom is -0.172 e. The van der Waals surface area contributed by atoms with Gasteiger partial charge in [0, 0.05) is 0 Å². The molecule has 3 rings (SSSR count). The maximum absolute atomic E-state index is 11.4. The average molecular weight is 368 g/mol. The summed E-state index contributed by atoms with van der Waals surface area (Å²) in [5.41, 5.74) is 0.625. The van der Waals surface area contributed by atoms with Crippen LogP contribution in [0, 0.1) is 0 Å². The second kappa shape index (κ2) is 15.5. The van der Waals surface area contributed by atoms with Crippen LogP contribution < -0.4 is 0 Å². The van der Waals surface area contributed by atoms with Crippen molar-refractivity contribution in [3.8, 4) is 0 Å². The van der Waals surface area contributed by atoms with E-state index in [1.807, 2.05) is 98.8 Å². The quantitative estimate of drug-likeness (QED) is 0.260. The predicted octanol–water partition coefficient (Wildman–Crippen LogP) is 5.17. The Morgan fingerprint density at radius 3 is 1.88 bits per heavy atom. The molecule has 0 aliphatic rings. The van der Waals surface area contributed by atoms with Crippen LogP contribution in [0.2, 0.25) is 0 Å². The Hall–Kier alpha value is -2.03. The summed E-state index contributed by atoms with van der Waals surface area (Å²) in [5.74, 6) is -0.226. The number of rotatable bonds is 6. The van der Waals surface area contributed by atoms with Gasteiger partial charge in [0.2, 0.25) is 0 Å². The third-order valence-corrected chi connectivity index (χ3v) is 3.55. The Labute approximate surface area is 162 Å². The van der Waals surface area contributed by atoms with Crippen molar-refractivity contribution in [2.24, 2.45) is 0 Å². The predicted molar refractivity (Wildman–Crippen MR) is 101 cm³/mol. The molecule has 0 aromatic heterocycles. The molecule has 128 valence electrons. The molecule has 0 atom stereocenters. The number of hydrogen-bond donors (Lipinski definition) is 0. The summed E-state index contributed by atoms with van der Waals surface area (Å²) >= 11 is 2.04. The Morgan fingerprint density at radius 1 is 0.880 bits per heavy atom. The molecule has 0 unspecified atom stereocenters. The van der Waals surface area contributed by atoms with E-state index in [0.29, 0.717) is 12.2 Å². The minimum absolute atomic E-state index is 0.226. The zero-order valence-corrected chi connectivity index (χ0v) is 15.9. The maximum atomic E-state index is 11.4. The normalized spacial score (nSPS) is 9.04. The van der Waals surface area contributed by atoms with Crippen LogP contribution in [0.1, 0.15) is 29.6 Å². The first-order valence-corrected chi connectivity index (χ1v) is 9.29. The topological polar surface area (TPSA) is 26.3 Å². The van der Waals surface area contributed by atoms with Crippen molar-refractivity contribution in [1.82, 2.24) is 0 Å². The Bertz CT molecular complexity index is 567. The van der Waals surface area contributed by atoms with Gasteiger partial charge in [0.1, 0.15) is 0 Å². The van der Waals surface area contributed by atoms with Crippen LogP contribution in [0.15, 0.2) is 91.0 Å². The number of unbranched alkanes of at least 4 members (excludes halogenated alkanes) is 2. The largest absolute Gasteiger partial charge is 0.214 e. The summed E-state index contributed by atoms with van der Waals surface area (Å²) < 4.78 is 7.25. The third-order valence-electron chi connectivity index (χ3n) is 3.10. The molecule has 0 N–H and O–H groups in total. The fraction of sp³-hybridized carbons (Fsp3) is 0.182. The summed E-state index contributed by atoms with van der Waals surface area (Å²) in [7, 11) is 0. The molecule has 0 heterocycles. The first-order valence-electron chi connectivity index (χ1n) is 8.39. The first-order chi connectivity index (χ1) is 12.3. The smallest absolute Gasteiger partial charge is 0.172 e. The minimum Gasteiger partial charge on any atom is -0.214 e. The number of benzene rings is 1. The van der Waals surface area contributed by atoms with Crippen LogP contribution >= 0.6 is 0 Å². The SMILES string of the molecule is O=C(OCCCC[CH]=[Ti+2])c1ccccc1.c1cc[cH-]c1.c1cc[cH-]c1. The molecular weight excluding hydrogens is 344 g/mol. The number of esters is 1. The van der Waals surface area contributed by atoms with Crippen LogP contribution in [-0.2, 0) is 24.7 Å². The molecule has 0 saturated carbocycles. The molecule has 3 aromatic carbocycles. The molecule has 0 spiro atoms. The Balaban J connectivity index is 0.000000250. The molecule has 0 saturated heterocycles. The van der Waals surface area contributed by atoms with E-state index in [1.54, 1.807) is 12.1 Å². The van der Waals surface area contributed by atoms with Gasteiger partial charge >= 0.3 is 102 Å². The van der Waals surface area contributed by atoms with Crippen LogP contribution in [0.25, 0.3) is 0 Å². The monoisotopic (exact) mass is 368 g/mol. The molecule has 2 nitrogen and oxygen atoms in total. The van der Waals surface area contributed by atoms with E-state index in [0.717, 1.165) is 19.3 Å². The van der Waals surface area contributed by atoms with Crippen molar-refractivity contribution >= 4 is 10.3 Å². The first kappa shape index (κ1) is 21.0. The second-order valence-electron chi connectivity index (χ2n) is 5.13. The van der Waals surface area contributed by atoms with Gasteiger partial charge < -0.3 is 0 Å². The van der Waals surface area contributed by atoms with E-state index in [2.05, 4.69) is 4.31 Å². The molecule has 0 aliphatic heterocycles. The van der Waals surface area contributed by atoms with Crippen molar-refractivity contribution in [3.05, 3.63) is 96.6 Å². The van der Waals surface area contributed by atoms with Gasteiger partial charge in [-0.1, -0.05) is 0 Å². The number of carbonyl (C=O) groups excluding carboxylic acids is 1. The zero-order chi connectivity index (χ0) is 18.0. The summed E-state index contributed by atoms with van der Waals surface area (Å²) in [5, 5.41) is 0. The number of hydrogen-bond acceptors (Lipinski definition) is 2. The van der Waals surface area contributed by atoms with Crippen molar-refractivity contribution < 1.29 is 29.5 Å². The molecule has 0 bridgehead atoms. The van der Waals surface area contributed by atoms with Crippen LogP contribution in [-0.4, -0.2) is 16.9 Å². The fourth-order valence-corrected chi connectivity index (χ4v) is 2.13. The fourth-order valence-electron chi connectivity index (χ4n) is 1.81. The van der Waals surface area contributed by atoms with Crippen LogP contribution in [0.5, 0.6) is 0 Å². The van der Waals surface area contributed by atoms with E-state index >= 15 is 0 Å². The van der Waals surface area contributed by atoms with Gasteiger partial charge in [-0.05, 0) is 0 Å². The van der Waals surface area contributed by atoms with E-state index in [1.165, 1.54) is 0 Å². The van der Waals surface area contributed by atoms with E-state index < -0.39 is 0 Å². The molecule has 0 fully saturated rings.